The van der Waals surface area contributed by atoms with Crippen LogP contribution in [0.2, 0.25) is 0 Å². The molecule has 2 heterocycles. The molecule has 7 nitrogen and oxygen atoms in total. The molecule has 0 N–H and O–H groups in total. The monoisotopic (exact) mass is 470 g/mol. The Labute approximate surface area is 183 Å². The fourth-order valence-corrected chi connectivity index (χ4v) is 5.03. The van der Waals surface area contributed by atoms with Crippen LogP contribution in [0.15, 0.2) is 47.4 Å². The van der Waals surface area contributed by atoms with Crippen molar-refractivity contribution in [3.8, 4) is 11.5 Å². The van der Waals surface area contributed by atoms with Crippen LogP contribution in [0.3, 0.4) is 0 Å². The predicted octanol–water partition coefficient (Wildman–Crippen LogP) is 3.01. The minimum atomic E-state index is -4.55. The summed E-state index contributed by atoms with van der Waals surface area (Å²) in [6.45, 7) is 1.11. The number of halogens is 3. The zero-order valence-electron chi connectivity index (χ0n) is 17.0. The van der Waals surface area contributed by atoms with Crippen molar-refractivity contribution in [2.45, 2.75) is 17.5 Å². The van der Waals surface area contributed by atoms with E-state index in [0.717, 1.165) is 12.1 Å². The van der Waals surface area contributed by atoms with Crippen molar-refractivity contribution < 1.29 is 35.9 Å². The minimum Gasteiger partial charge on any atom is -0.490 e. The molecule has 0 aromatic heterocycles. The second kappa shape index (κ2) is 8.62. The van der Waals surface area contributed by atoms with Gasteiger partial charge in [0.15, 0.2) is 11.5 Å². The van der Waals surface area contributed by atoms with E-state index in [2.05, 4.69) is 0 Å². The minimum absolute atomic E-state index is 0.0292. The van der Waals surface area contributed by atoms with Gasteiger partial charge in [0.05, 0.1) is 23.7 Å². The average Bonchev–Trinajstić information content (AvgIpc) is 3.03. The number of carbonyl (C=O) groups is 1. The molecule has 1 fully saturated rings. The summed E-state index contributed by atoms with van der Waals surface area (Å²) in [4.78, 5) is 14.1. The third-order valence-electron chi connectivity index (χ3n) is 5.32. The second-order valence-corrected chi connectivity index (χ2v) is 9.37. The fraction of sp³-hybridized carbons (Fsp3) is 0.381. The predicted molar refractivity (Wildman–Crippen MR) is 108 cm³/mol. The maximum Gasteiger partial charge on any atom is 0.416 e. The molecule has 1 amide bonds. The van der Waals surface area contributed by atoms with Crippen molar-refractivity contribution in [2.24, 2.45) is 0 Å². The van der Waals surface area contributed by atoms with Gasteiger partial charge in [-0.05, 0) is 30.3 Å². The number of hydrogen-bond donors (Lipinski definition) is 0. The van der Waals surface area contributed by atoms with E-state index in [-0.39, 0.29) is 36.6 Å². The van der Waals surface area contributed by atoms with Crippen LogP contribution in [0.25, 0.3) is 0 Å². The molecule has 2 aliphatic heterocycles. The lowest BCUT2D eigenvalue weighted by Crippen LogP contribution is -2.50. The van der Waals surface area contributed by atoms with Crippen molar-refractivity contribution in [1.29, 1.82) is 0 Å². The number of ether oxygens (including phenoxy) is 2. The smallest absolute Gasteiger partial charge is 0.416 e. The first-order valence-corrected chi connectivity index (χ1v) is 11.5. The summed E-state index contributed by atoms with van der Waals surface area (Å²) in [6, 6.07) is 8.64. The molecule has 0 spiro atoms. The van der Waals surface area contributed by atoms with Gasteiger partial charge in [-0.25, -0.2) is 8.42 Å². The standard InChI is InChI=1S/C21H21F3N2O5S/c22-21(23,24)16-4-1-3-15(13-16)20(27)25-7-9-26(10-8-25)32(28,29)17-5-6-18-19(14-17)31-12-2-11-30-18/h1,3-6,13-14H,2,7-12H2. The summed E-state index contributed by atoms with van der Waals surface area (Å²) in [6.07, 6.45) is -3.86. The largest absolute Gasteiger partial charge is 0.490 e. The molecule has 11 heteroatoms. The molecular formula is C21H21F3N2O5S. The number of amides is 1. The number of alkyl halides is 3. The number of carbonyl (C=O) groups excluding carboxylic acids is 1. The molecule has 1 saturated heterocycles. The van der Waals surface area contributed by atoms with Crippen LogP contribution >= 0.6 is 0 Å². The first-order chi connectivity index (χ1) is 15.2. The van der Waals surface area contributed by atoms with Crippen LogP contribution in [0.1, 0.15) is 22.3 Å². The first-order valence-electron chi connectivity index (χ1n) is 10.0. The topological polar surface area (TPSA) is 76.2 Å². The second-order valence-electron chi connectivity index (χ2n) is 7.43. The summed E-state index contributed by atoms with van der Waals surface area (Å²) >= 11 is 0. The summed E-state index contributed by atoms with van der Waals surface area (Å²) in [5.74, 6) is 0.281. The van der Waals surface area contributed by atoms with Crippen LogP contribution in [0.5, 0.6) is 11.5 Å². The maximum absolute atomic E-state index is 13.1. The van der Waals surface area contributed by atoms with Crippen LogP contribution in [0.4, 0.5) is 13.2 Å². The Morgan fingerprint density at radius 3 is 2.28 bits per heavy atom. The van der Waals surface area contributed by atoms with E-state index in [1.54, 1.807) is 6.07 Å². The highest BCUT2D eigenvalue weighted by molar-refractivity contribution is 7.89. The van der Waals surface area contributed by atoms with Gasteiger partial charge in [-0.3, -0.25) is 4.79 Å². The van der Waals surface area contributed by atoms with E-state index < -0.39 is 27.7 Å². The Bertz CT molecular complexity index is 1110. The Balaban J connectivity index is 1.45. The van der Waals surface area contributed by atoms with Gasteiger partial charge < -0.3 is 14.4 Å². The van der Waals surface area contributed by atoms with Gasteiger partial charge >= 0.3 is 6.18 Å². The maximum atomic E-state index is 13.1. The SMILES string of the molecule is O=C(c1cccc(C(F)(F)F)c1)N1CCN(S(=O)(=O)c2ccc3c(c2)OCCCO3)CC1. The fourth-order valence-electron chi connectivity index (χ4n) is 3.60. The van der Waals surface area contributed by atoms with Crippen molar-refractivity contribution >= 4 is 15.9 Å². The molecule has 2 aromatic carbocycles. The van der Waals surface area contributed by atoms with Gasteiger partial charge in [0.1, 0.15) is 0 Å². The summed E-state index contributed by atoms with van der Waals surface area (Å²) in [5, 5.41) is 0. The number of fused-ring (bicyclic) bond motifs is 1. The first kappa shape index (κ1) is 22.4. The third kappa shape index (κ3) is 4.53. The lowest BCUT2D eigenvalue weighted by Gasteiger charge is -2.34. The van der Waals surface area contributed by atoms with Gasteiger partial charge in [-0.1, -0.05) is 6.07 Å². The van der Waals surface area contributed by atoms with Gasteiger partial charge in [-0.15, -0.1) is 0 Å². The highest BCUT2D eigenvalue weighted by atomic mass is 32.2. The molecule has 0 aliphatic carbocycles. The molecule has 2 aromatic rings. The Morgan fingerprint density at radius 1 is 0.906 bits per heavy atom. The molecule has 0 radical (unpaired) electrons. The zero-order chi connectivity index (χ0) is 22.9. The van der Waals surface area contributed by atoms with Crippen molar-refractivity contribution in [2.75, 3.05) is 39.4 Å². The molecular weight excluding hydrogens is 449 g/mol. The van der Waals surface area contributed by atoms with Gasteiger partial charge in [-0.2, -0.15) is 17.5 Å². The van der Waals surface area contributed by atoms with E-state index >= 15 is 0 Å². The molecule has 0 bridgehead atoms. The quantitative estimate of drug-likeness (QED) is 0.690. The van der Waals surface area contributed by atoms with E-state index in [9.17, 15) is 26.4 Å². The number of benzene rings is 2. The number of hydrogen-bond acceptors (Lipinski definition) is 5. The molecule has 0 atom stereocenters. The highest BCUT2D eigenvalue weighted by Crippen LogP contribution is 2.33. The normalized spacial score (nSPS) is 17.7. The zero-order valence-corrected chi connectivity index (χ0v) is 17.8. The van der Waals surface area contributed by atoms with E-state index in [0.29, 0.717) is 31.1 Å². The van der Waals surface area contributed by atoms with Gasteiger partial charge in [0.25, 0.3) is 5.91 Å². The van der Waals surface area contributed by atoms with E-state index in [4.69, 9.17) is 9.47 Å². The average molecular weight is 470 g/mol. The van der Waals surface area contributed by atoms with Gasteiger partial charge in [0, 0.05) is 44.2 Å². The van der Waals surface area contributed by atoms with Crippen molar-refractivity contribution in [3.05, 3.63) is 53.6 Å². The lowest BCUT2D eigenvalue weighted by molar-refractivity contribution is -0.137. The third-order valence-corrected chi connectivity index (χ3v) is 7.21. The van der Waals surface area contributed by atoms with Crippen LogP contribution in [0, 0.1) is 0 Å². The highest BCUT2D eigenvalue weighted by Gasteiger charge is 2.33. The molecule has 172 valence electrons. The van der Waals surface area contributed by atoms with Crippen molar-refractivity contribution in [3.63, 3.8) is 0 Å². The summed E-state index contributed by atoms with van der Waals surface area (Å²) < 4.78 is 77.3. The Hall–Kier alpha value is -2.79. The van der Waals surface area contributed by atoms with Crippen LogP contribution in [-0.2, 0) is 16.2 Å². The molecule has 2 aliphatic rings. The number of rotatable bonds is 3. The van der Waals surface area contributed by atoms with Crippen LogP contribution in [-0.4, -0.2) is 62.9 Å². The molecule has 0 saturated carbocycles. The lowest BCUT2D eigenvalue weighted by atomic mass is 10.1. The number of nitrogens with zero attached hydrogens (tertiary/aromatic N) is 2. The molecule has 32 heavy (non-hydrogen) atoms. The Morgan fingerprint density at radius 2 is 1.59 bits per heavy atom. The van der Waals surface area contributed by atoms with E-state index in [1.807, 2.05) is 0 Å². The summed E-state index contributed by atoms with van der Waals surface area (Å²) in [5.41, 5.74) is -0.988. The molecule has 0 unspecified atom stereocenters. The molecule has 4 rings (SSSR count). The number of sulfonamides is 1. The summed E-state index contributed by atoms with van der Waals surface area (Å²) in [7, 11) is -3.84. The van der Waals surface area contributed by atoms with Crippen LogP contribution < -0.4 is 9.47 Å². The van der Waals surface area contributed by atoms with E-state index in [1.165, 1.54) is 33.5 Å². The van der Waals surface area contributed by atoms with Gasteiger partial charge in [0.2, 0.25) is 10.0 Å². The Kier molecular flexibility index (Phi) is 6.04. The number of piperazine rings is 1. The van der Waals surface area contributed by atoms with Crippen molar-refractivity contribution in [1.82, 2.24) is 9.21 Å².